The van der Waals surface area contributed by atoms with Crippen molar-refractivity contribution in [2.75, 3.05) is 19.5 Å². The quantitative estimate of drug-likeness (QED) is 0.277. The van der Waals surface area contributed by atoms with E-state index < -0.39 is 23.8 Å². The van der Waals surface area contributed by atoms with Crippen LogP contribution in [0.15, 0.2) is 36.4 Å². The molecule has 152 valence electrons. The number of carbonyl (C=O) groups excluding carboxylic acids is 3. The number of carbonyl (C=O) groups is 3. The molecule has 0 saturated heterocycles. The first-order valence-corrected chi connectivity index (χ1v) is 8.92. The predicted octanol–water partition coefficient (Wildman–Crippen LogP) is 1.39. The van der Waals surface area contributed by atoms with E-state index in [4.69, 9.17) is 15.2 Å². The number of benzene rings is 2. The van der Waals surface area contributed by atoms with E-state index in [0.717, 1.165) is 4.90 Å². The Morgan fingerprint density at radius 2 is 1.97 bits per heavy atom. The van der Waals surface area contributed by atoms with Gasteiger partial charge in [-0.2, -0.15) is 0 Å². The van der Waals surface area contributed by atoms with Gasteiger partial charge in [-0.05, 0) is 36.8 Å². The minimum Gasteiger partial charge on any atom is -0.493 e. The molecule has 3 amide bonds. The molecule has 0 saturated carbocycles. The molecule has 1 atom stereocenters. The third-order valence-electron chi connectivity index (χ3n) is 4.66. The van der Waals surface area contributed by atoms with Crippen molar-refractivity contribution >= 4 is 23.4 Å². The molecule has 0 bridgehead atoms. The lowest BCUT2D eigenvalue weighted by molar-refractivity contribution is -0.133. The van der Waals surface area contributed by atoms with Gasteiger partial charge in [-0.25, -0.2) is 5.48 Å². The molecular weight excluding hydrogens is 378 g/mol. The zero-order valence-electron chi connectivity index (χ0n) is 16.0. The van der Waals surface area contributed by atoms with E-state index in [1.54, 1.807) is 24.3 Å². The summed E-state index contributed by atoms with van der Waals surface area (Å²) >= 11 is 0. The number of hydrogen-bond acceptors (Lipinski definition) is 7. The number of rotatable bonds is 7. The Morgan fingerprint density at radius 1 is 1.21 bits per heavy atom. The average Bonchev–Trinajstić information content (AvgIpc) is 2.97. The van der Waals surface area contributed by atoms with Gasteiger partial charge in [0.25, 0.3) is 17.7 Å². The van der Waals surface area contributed by atoms with Crippen molar-refractivity contribution in [2.45, 2.75) is 19.4 Å². The zero-order chi connectivity index (χ0) is 21.1. The summed E-state index contributed by atoms with van der Waals surface area (Å²) in [6.07, 6.45) is -0.0398. The van der Waals surface area contributed by atoms with E-state index in [2.05, 4.69) is 0 Å². The van der Waals surface area contributed by atoms with Crippen LogP contribution in [0.2, 0.25) is 0 Å². The molecule has 29 heavy (non-hydrogen) atoms. The fourth-order valence-corrected chi connectivity index (χ4v) is 3.33. The maximum atomic E-state index is 12.9. The second kappa shape index (κ2) is 8.19. The summed E-state index contributed by atoms with van der Waals surface area (Å²) < 4.78 is 10.8. The number of anilines is 1. The van der Waals surface area contributed by atoms with Gasteiger partial charge in [0.05, 0.1) is 24.8 Å². The minimum absolute atomic E-state index is 0.0398. The molecule has 9 nitrogen and oxygen atoms in total. The topological polar surface area (TPSA) is 131 Å². The van der Waals surface area contributed by atoms with Gasteiger partial charge in [-0.15, -0.1) is 0 Å². The number of hydroxylamine groups is 1. The van der Waals surface area contributed by atoms with Gasteiger partial charge in [0.2, 0.25) is 0 Å². The SMILES string of the molecule is CCOc1cc(CC(C(=O)NO)N2C(=O)c3cccc(N)c3C2=O)ccc1OC. The van der Waals surface area contributed by atoms with Crippen LogP contribution in [0.25, 0.3) is 0 Å². The Labute approximate surface area is 167 Å². The highest BCUT2D eigenvalue weighted by Crippen LogP contribution is 2.32. The standard InChI is InChI=1S/C20H21N3O6/c1-3-29-16-10-11(7-8-15(16)28-2)9-14(18(24)22-27)23-19(25)12-5-4-6-13(21)17(12)20(23)26/h4-8,10,14,27H,3,9,21H2,1-2H3,(H,22,24). The van der Waals surface area contributed by atoms with Crippen LogP contribution in [0.5, 0.6) is 11.5 Å². The van der Waals surface area contributed by atoms with Crippen LogP contribution in [0.4, 0.5) is 5.69 Å². The van der Waals surface area contributed by atoms with Gasteiger partial charge in [-0.3, -0.25) is 24.5 Å². The molecule has 0 radical (unpaired) electrons. The molecule has 0 fully saturated rings. The molecule has 1 heterocycles. The van der Waals surface area contributed by atoms with Crippen molar-refractivity contribution in [1.29, 1.82) is 0 Å². The number of methoxy groups -OCH3 is 1. The first-order valence-electron chi connectivity index (χ1n) is 8.92. The number of imide groups is 1. The van der Waals surface area contributed by atoms with Crippen LogP contribution < -0.4 is 20.7 Å². The molecule has 9 heteroatoms. The molecule has 0 aromatic heterocycles. The second-order valence-corrected chi connectivity index (χ2v) is 6.36. The fourth-order valence-electron chi connectivity index (χ4n) is 3.33. The third kappa shape index (κ3) is 3.59. The first-order chi connectivity index (χ1) is 13.9. The van der Waals surface area contributed by atoms with Crippen LogP contribution in [0.3, 0.4) is 0 Å². The van der Waals surface area contributed by atoms with Crippen LogP contribution in [-0.2, 0) is 11.2 Å². The summed E-state index contributed by atoms with van der Waals surface area (Å²) in [7, 11) is 1.50. The van der Waals surface area contributed by atoms with Gasteiger partial charge in [0, 0.05) is 12.1 Å². The highest BCUT2D eigenvalue weighted by molar-refractivity contribution is 6.24. The van der Waals surface area contributed by atoms with Crippen LogP contribution >= 0.6 is 0 Å². The van der Waals surface area contributed by atoms with E-state index in [9.17, 15) is 19.6 Å². The Hall–Kier alpha value is -3.59. The smallest absolute Gasteiger partial charge is 0.266 e. The van der Waals surface area contributed by atoms with Gasteiger partial charge in [-0.1, -0.05) is 12.1 Å². The van der Waals surface area contributed by atoms with Crippen molar-refractivity contribution in [3.8, 4) is 11.5 Å². The van der Waals surface area contributed by atoms with Crippen molar-refractivity contribution < 1.29 is 29.1 Å². The Balaban J connectivity index is 1.98. The van der Waals surface area contributed by atoms with Crippen LogP contribution in [0.1, 0.15) is 33.2 Å². The molecule has 3 rings (SSSR count). The van der Waals surface area contributed by atoms with Crippen LogP contribution in [-0.4, -0.2) is 47.6 Å². The van der Waals surface area contributed by atoms with Crippen molar-refractivity contribution in [2.24, 2.45) is 0 Å². The number of fused-ring (bicyclic) bond motifs is 1. The van der Waals surface area contributed by atoms with Gasteiger partial charge in [0.1, 0.15) is 6.04 Å². The summed E-state index contributed by atoms with van der Waals surface area (Å²) in [4.78, 5) is 38.9. The lowest BCUT2D eigenvalue weighted by atomic mass is 10.0. The molecular formula is C20H21N3O6. The van der Waals surface area contributed by atoms with E-state index in [-0.39, 0.29) is 23.2 Å². The number of nitrogens with one attached hydrogen (secondary N) is 1. The van der Waals surface area contributed by atoms with E-state index in [1.165, 1.54) is 24.7 Å². The van der Waals surface area contributed by atoms with Crippen molar-refractivity contribution in [1.82, 2.24) is 10.4 Å². The Kier molecular flexibility index (Phi) is 5.69. The molecule has 4 N–H and O–H groups in total. The maximum absolute atomic E-state index is 12.9. The van der Waals surface area contributed by atoms with E-state index in [0.29, 0.717) is 23.7 Å². The molecule has 0 spiro atoms. The lowest BCUT2D eigenvalue weighted by Crippen LogP contribution is -2.50. The first kappa shape index (κ1) is 20.2. The maximum Gasteiger partial charge on any atom is 0.266 e. The van der Waals surface area contributed by atoms with Crippen LogP contribution in [0, 0.1) is 0 Å². The number of ether oxygens (including phenoxy) is 2. The Morgan fingerprint density at radius 3 is 2.59 bits per heavy atom. The zero-order valence-corrected chi connectivity index (χ0v) is 16.0. The van der Waals surface area contributed by atoms with E-state index >= 15 is 0 Å². The van der Waals surface area contributed by atoms with E-state index in [1.807, 2.05) is 6.92 Å². The minimum atomic E-state index is -1.28. The molecule has 1 aliphatic heterocycles. The second-order valence-electron chi connectivity index (χ2n) is 6.36. The summed E-state index contributed by atoms with van der Waals surface area (Å²) in [5.74, 6) is -1.26. The van der Waals surface area contributed by atoms with Gasteiger partial charge < -0.3 is 15.2 Å². The highest BCUT2D eigenvalue weighted by atomic mass is 16.5. The monoisotopic (exact) mass is 399 g/mol. The number of hydrogen-bond donors (Lipinski definition) is 3. The summed E-state index contributed by atoms with van der Waals surface area (Å²) in [5.41, 5.74) is 8.31. The number of nitrogens with two attached hydrogens (primary N) is 1. The summed E-state index contributed by atoms with van der Waals surface area (Å²) in [5, 5.41) is 9.19. The van der Waals surface area contributed by atoms with Gasteiger partial charge in [0.15, 0.2) is 11.5 Å². The number of nitrogens with zero attached hydrogens (tertiary/aromatic N) is 1. The largest absolute Gasteiger partial charge is 0.493 e. The molecule has 2 aromatic rings. The summed E-state index contributed by atoms with van der Waals surface area (Å²) in [6, 6.07) is 8.26. The third-order valence-corrected chi connectivity index (χ3v) is 4.66. The molecule has 2 aromatic carbocycles. The van der Waals surface area contributed by atoms with Crippen molar-refractivity contribution in [3.05, 3.63) is 53.1 Å². The molecule has 0 aliphatic carbocycles. The molecule has 1 aliphatic rings. The fraction of sp³-hybridized carbons (Fsp3) is 0.250. The van der Waals surface area contributed by atoms with Gasteiger partial charge >= 0.3 is 0 Å². The summed E-state index contributed by atoms with van der Waals surface area (Å²) in [6.45, 7) is 2.22. The molecule has 1 unspecified atom stereocenters. The number of nitrogen functional groups attached to an aromatic ring is 1. The normalized spacial score (nSPS) is 13.8. The Bertz CT molecular complexity index is 975. The lowest BCUT2D eigenvalue weighted by Gasteiger charge is -2.24. The highest BCUT2D eigenvalue weighted by Gasteiger charge is 2.43. The van der Waals surface area contributed by atoms with Crippen molar-refractivity contribution in [3.63, 3.8) is 0 Å². The number of amides is 3. The predicted molar refractivity (Wildman–Crippen MR) is 103 cm³/mol. The average molecular weight is 399 g/mol.